The smallest absolute Gasteiger partial charge is 0.256 e. The highest BCUT2D eigenvalue weighted by Gasteiger charge is 2.25. The molecule has 1 heterocycles. The summed E-state index contributed by atoms with van der Waals surface area (Å²) in [6, 6.07) is 4.71. The van der Waals surface area contributed by atoms with Crippen LogP contribution in [0.5, 0.6) is 0 Å². The first-order chi connectivity index (χ1) is 9.15. The number of para-hydroxylation sites is 1. The van der Waals surface area contributed by atoms with Crippen molar-refractivity contribution in [2.75, 3.05) is 32.6 Å². The first-order valence-corrected chi connectivity index (χ1v) is 6.46. The van der Waals surface area contributed by atoms with E-state index >= 15 is 0 Å². The molecule has 0 atom stereocenters. The number of carbonyl (C=O) groups is 1. The minimum Gasteiger partial charge on any atom is -0.385 e. The molecule has 1 amide bonds. The van der Waals surface area contributed by atoms with Gasteiger partial charge in [-0.25, -0.2) is 4.39 Å². The van der Waals surface area contributed by atoms with Crippen molar-refractivity contribution in [2.24, 2.45) is 0 Å². The molecule has 1 aliphatic rings. The van der Waals surface area contributed by atoms with Gasteiger partial charge in [0.25, 0.3) is 5.91 Å². The lowest BCUT2D eigenvalue weighted by Crippen LogP contribution is -2.40. The number of ether oxygens (including phenoxy) is 1. The highest BCUT2D eigenvalue weighted by Crippen LogP contribution is 2.23. The maximum atomic E-state index is 13.7. The Labute approximate surface area is 112 Å². The first-order valence-electron chi connectivity index (χ1n) is 6.46. The van der Waals surface area contributed by atoms with Crippen LogP contribution < -0.4 is 5.32 Å². The predicted molar refractivity (Wildman–Crippen MR) is 71.9 cm³/mol. The molecule has 1 fully saturated rings. The second kappa shape index (κ2) is 6.02. The monoisotopic (exact) mass is 266 g/mol. The highest BCUT2D eigenvalue weighted by molar-refractivity contribution is 5.99. The summed E-state index contributed by atoms with van der Waals surface area (Å²) in [4.78, 5) is 14.1. The molecule has 0 bridgehead atoms. The maximum absolute atomic E-state index is 13.7. The zero-order valence-corrected chi connectivity index (χ0v) is 11.3. The number of benzene rings is 1. The van der Waals surface area contributed by atoms with E-state index in [1.165, 1.54) is 6.07 Å². The number of nitrogens with zero attached hydrogens (tertiary/aromatic N) is 1. The van der Waals surface area contributed by atoms with Crippen molar-refractivity contribution in [1.29, 1.82) is 0 Å². The van der Waals surface area contributed by atoms with Gasteiger partial charge in [0.2, 0.25) is 0 Å². The third kappa shape index (κ3) is 2.87. The fraction of sp³-hybridized carbons (Fsp3) is 0.500. The van der Waals surface area contributed by atoms with Gasteiger partial charge in [-0.3, -0.25) is 4.79 Å². The molecular weight excluding hydrogens is 247 g/mol. The van der Waals surface area contributed by atoms with Crippen LogP contribution in [-0.2, 0) is 4.74 Å². The van der Waals surface area contributed by atoms with Crippen molar-refractivity contribution in [3.63, 3.8) is 0 Å². The minimum absolute atomic E-state index is 0.157. The summed E-state index contributed by atoms with van der Waals surface area (Å²) >= 11 is 0. The van der Waals surface area contributed by atoms with Crippen LogP contribution in [0.15, 0.2) is 18.2 Å². The molecule has 5 heteroatoms. The summed E-state index contributed by atoms with van der Waals surface area (Å²) in [6.07, 6.45) is 1.65. The van der Waals surface area contributed by atoms with Crippen LogP contribution in [0.4, 0.5) is 10.1 Å². The quantitative estimate of drug-likeness (QED) is 0.911. The van der Waals surface area contributed by atoms with Gasteiger partial charge in [0.15, 0.2) is 0 Å². The highest BCUT2D eigenvalue weighted by atomic mass is 19.1. The van der Waals surface area contributed by atoms with E-state index in [0.717, 1.165) is 12.8 Å². The summed E-state index contributed by atoms with van der Waals surface area (Å²) in [5.74, 6) is -0.565. The van der Waals surface area contributed by atoms with Crippen LogP contribution in [-0.4, -0.2) is 44.2 Å². The van der Waals surface area contributed by atoms with Gasteiger partial charge >= 0.3 is 0 Å². The van der Waals surface area contributed by atoms with Gasteiger partial charge in [-0.2, -0.15) is 0 Å². The van der Waals surface area contributed by atoms with Gasteiger partial charge in [-0.05, 0) is 25.0 Å². The summed E-state index contributed by atoms with van der Waals surface area (Å²) in [5, 5.41) is 2.76. The third-order valence-electron chi connectivity index (χ3n) is 3.55. The summed E-state index contributed by atoms with van der Waals surface area (Å²) in [5.41, 5.74) is 0.628. The van der Waals surface area contributed by atoms with Gasteiger partial charge in [0.05, 0.1) is 11.3 Å². The molecule has 19 heavy (non-hydrogen) atoms. The normalized spacial score (nSPS) is 16.2. The molecule has 1 aromatic rings. The number of carbonyl (C=O) groups excluding carboxylic acids is 1. The molecule has 4 nitrogen and oxygen atoms in total. The van der Waals surface area contributed by atoms with Crippen molar-refractivity contribution in [1.82, 2.24) is 4.90 Å². The number of anilines is 1. The average Bonchev–Trinajstić information content (AvgIpc) is 2.46. The third-order valence-corrected chi connectivity index (χ3v) is 3.55. The Morgan fingerprint density at radius 3 is 2.74 bits per heavy atom. The molecule has 0 unspecified atom stereocenters. The van der Waals surface area contributed by atoms with Crippen molar-refractivity contribution >= 4 is 11.6 Å². The molecular formula is C14H19FN2O2. The average molecular weight is 266 g/mol. The van der Waals surface area contributed by atoms with Gasteiger partial charge in [-0.1, -0.05) is 6.07 Å². The Morgan fingerprint density at radius 2 is 2.11 bits per heavy atom. The van der Waals surface area contributed by atoms with Crippen LogP contribution in [0.25, 0.3) is 0 Å². The molecule has 1 N–H and O–H groups in total. The standard InChI is InChI=1S/C14H19FN2O2/c1-16-13-11(4-3-5-12(13)15)14(18)17(2)10-6-8-19-9-7-10/h3-5,10,16H,6-9H2,1-2H3. The Morgan fingerprint density at radius 1 is 1.42 bits per heavy atom. The van der Waals surface area contributed by atoms with E-state index in [1.54, 1.807) is 31.1 Å². The molecule has 0 spiro atoms. The fourth-order valence-corrected chi connectivity index (χ4v) is 2.38. The Hall–Kier alpha value is -1.62. The van der Waals surface area contributed by atoms with E-state index in [1.807, 2.05) is 0 Å². The SMILES string of the molecule is CNc1c(F)cccc1C(=O)N(C)C1CCOCC1. The van der Waals surface area contributed by atoms with Crippen molar-refractivity contribution in [2.45, 2.75) is 18.9 Å². The number of halogens is 1. The fourth-order valence-electron chi connectivity index (χ4n) is 2.38. The largest absolute Gasteiger partial charge is 0.385 e. The lowest BCUT2D eigenvalue weighted by atomic mass is 10.1. The van der Waals surface area contributed by atoms with Crippen LogP contribution in [0, 0.1) is 5.82 Å². The minimum atomic E-state index is -0.409. The zero-order valence-electron chi connectivity index (χ0n) is 11.3. The van der Waals surface area contributed by atoms with E-state index in [0.29, 0.717) is 18.8 Å². The van der Waals surface area contributed by atoms with Gasteiger partial charge in [0.1, 0.15) is 5.82 Å². The molecule has 0 saturated carbocycles. The molecule has 1 aromatic carbocycles. The van der Waals surface area contributed by atoms with Gasteiger partial charge < -0.3 is 15.0 Å². The molecule has 0 aliphatic carbocycles. The first kappa shape index (κ1) is 13.8. The summed E-state index contributed by atoms with van der Waals surface area (Å²) in [6.45, 7) is 1.34. The number of hydrogen-bond acceptors (Lipinski definition) is 3. The number of amides is 1. The van der Waals surface area contributed by atoms with Gasteiger partial charge in [-0.15, -0.1) is 0 Å². The zero-order chi connectivity index (χ0) is 13.8. The number of nitrogens with one attached hydrogen (secondary N) is 1. The number of rotatable bonds is 3. The Bertz CT molecular complexity index is 459. The van der Waals surface area contributed by atoms with Gasteiger partial charge in [0, 0.05) is 33.4 Å². The summed E-state index contributed by atoms with van der Waals surface area (Å²) in [7, 11) is 3.38. The van der Waals surface area contributed by atoms with E-state index in [-0.39, 0.29) is 17.6 Å². The van der Waals surface area contributed by atoms with Crippen LogP contribution in [0.1, 0.15) is 23.2 Å². The predicted octanol–water partition coefficient (Wildman–Crippen LogP) is 2.12. The second-order valence-corrected chi connectivity index (χ2v) is 4.67. The lowest BCUT2D eigenvalue weighted by molar-refractivity contribution is 0.0362. The molecule has 1 saturated heterocycles. The molecule has 0 radical (unpaired) electrons. The van der Waals surface area contributed by atoms with Crippen LogP contribution in [0.3, 0.4) is 0 Å². The van der Waals surface area contributed by atoms with E-state index in [2.05, 4.69) is 5.32 Å². The Balaban J connectivity index is 2.21. The van der Waals surface area contributed by atoms with Crippen LogP contribution >= 0.6 is 0 Å². The second-order valence-electron chi connectivity index (χ2n) is 4.67. The van der Waals surface area contributed by atoms with E-state index in [9.17, 15) is 9.18 Å². The topological polar surface area (TPSA) is 41.6 Å². The molecule has 1 aliphatic heterocycles. The van der Waals surface area contributed by atoms with E-state index in [4.69, 9.17) is 4.74 Å². The molecule has 0 aromatic heterocycles. The van der Waals surface area contributed by atoms with Crippen LogP contribution in [0.2, 0.25) is 0 Å². The molecule has 2 rings (SSSR count). The van der Waals surface area contributed by atoms with E-state index < -0.39 is 5.82 Å². The van der Waals surface area contributed by atoms with Crippen molar-refractivity contribution in [3.05, 3.63) is 29.6 Å². The summed E-state index contributed by atoms with van der Waals surface area (Å²) < 4.78 is 19.0. The lowest BCUT2D eigenvalue weighted by Gasteiger charge is -2.31. The number of hydrogen-bond donors (Lipinski definition) is 1. The van der Waals surface area contributed by atoms with Crippen molar-refractivity contribution in [3.8, 4) is 0 Å². The molecule has 104 valence electrons. The Kier molecular flexibility index (Phi) is 4.37. The van der Waals surface area contributed by atoms with Crippen molar-refractivity contribution < 1.29 is 13.9 Å². The maximum Gasteiger partial charge on any atom is 0.256 e.